The third kappa shape index (κ3) is 5.41. The fourth-order valence-corrected chi connectivity index (χ4v) is 1.54. The molecule has 2 rings (SSSR count). The average molecular weight is 324 g/mol. The normalized spacial score (nSPS) is 11.1. The SMILES string of the molecule is CC(C(=O)N/N=C/c1ccccn1)C(=O)N/N=C/c1ccccn1. The van der Waals surface area contributed by atoms with Gasteiger partial charge in [0.1, 0.15) is 5.92 Å². The molecule has 0 radical (unpaired) electrons. The molecule has 0 saturated heterocycles. The highest BCUT2D eigenvalue weighted by Crippen LogP contribution is 1.96. The van der Waals surface area contributed by atoms with Crippen molar-refractivity contribution in [1.29, 1.82) is 0 Å². The van der Waals surface area contributed by atoms with Gasteiger partial charge >= 0.3 is 0 Å². The van der Waals surface area contributed by atoms with Crippen molar-refractivity contribution in [3.05, 3.63) is 60.2 Å². The molecule has 0 aliphatic carbocycles. The van der Waals surface area contributed by atoms with Crippen molar-refractivity contribution in [2.75, 3.05) is 0 Å². The Morgan fingerprint density at radius 2 is 1.38 bits per heavy atom. The maximum atomic E-state index is 11.8. The first-order chi connectivity index (χ1) is 11.7. The van der Waals surface area contributed by atoms with E-state index in [1.165, 1.54) is 19.4 Å². The molecule has 0 bridgehead atoms. The lowest BCUT2D eigenvalue weighted by atomic mass is 10.1. The summed E-state index contributed by atoms with van der Waals surface area (Å²) in [6, 6.07) is 10.6. The summed E-state index contributed by atoms with van der Waals surface area (Å²) < 4.78 is 0. The van der Waals surface area contributed by atoms with Gasteiger partial charge in [0.25, 0.3) is 11.8 Å². The van der Waals surface area contributed by atoms with Crippen LogP contribution in [0.4, 0.5) is 0 Å². The summed E-state index contributed by atoms with van der Waals surface area (Å²) in [5, 5.41) is 7.51. The Labute approximate surface area is 138 Å². The molecule has 0 aliphatic rings. The van der Waals surface area contributed by atoms with E-state index >= 15 is 0 Å². The maximum absolute atomic E-state index is 11.8. The lowest BCUT2D eigenvalue weighted by Crippen LogP contribution is -2.36. The summed E-state index contributed by atoms with van der Waals surface area (Å²) in [7, 11) is 0. The van der Waals surface area contributed by atoms with Crippen molar-refractivity contribution in [2.45, 2.75) is 6.92 Å². The topological polar surface area (TPSA) is 109 Å². The van der Waals surface area contributed by atoms with Gasteiger partial charge in [-0.3, -0.25) is 19.6 Å². The van der Waals surface area contributed by atoms with Gasteiger partial charge in [0, 0.05) is 12.4 Å². The first kappa shape index (κ1) is 16.9. The summed E-state index contributed by atoms with van der Waals surface area (Å²) in [5.74, 6) is -2.05. The lowest BCUT2D eigenvalue weighted by molar-refractivity contribution is -0.134. The van der Waals surface area contributed by atoms with E-state index in [2.05, 4.69) is 31.0 Å². The number of carbonyl (C=O) groups excluding carboxylic acids is 2. The molecule has 2 amide bonds. The highest BCUT2D eigenvalue weighted by molar-refractivity contribution is 6.00. The third-order valence-corrected chi connectivity index (χ3v) is 2.91. The van der Waals surface area contributed by atoms with Crippen molar-refractivity contribution >= 4 is 24.2 Å². The predicted octanol–water partition coefficient (Wildman–Crippen LogP) is 0.713. The first-order valence-electron chi connectivity index (χ1n) is 7.14. The van der Waals surface area contributed by atoms with Crippen LogP contribution in [0.1, 0.15) is 18.3 Å². The monoisotopic (exact) mass is 324 g/mol. The van der Waals surface area contributed by atoms with Crippen LogP contribution >= 0.6 is 0 Å². The largest absolute Gasteiger partial charge is 0.272 e. The summed E-state index contributed by atoms with van der Waals surface area (Å²) in [6.45, 7) is 1.46. The summed E-state index contributed by atoms with van der Waals surface area (Å²) >= 11 is 0. The smallest absolute Gasteiger partial charge is 0.252 e. The van der Waals surface area contributed by atoms with E-state index in [1.807, 2.05) is 0 Å². The summed E-state index contributed by atoms with van der Waals surface area (Å²) in [4.78, 5) is 31.7. The van der Waals surface area contributed by atoms with Crippen molar-refractivity contribution < 1.29 is 9.59 Å². The Morgan fingerprint density at radius 1 is 0.917 bits per heavy atom. The van der Waals surface area contributed by atoms with Gasteiger partial charge < -0.3 is 0 Å². The molecule has 0 spiro atoms. The van der Waals surface area contributed by atoms with E-state index in [4.69, 9.17) is 0 Å². The molecule has 2 aromatic rings. The number of hydrazone groups is 2. The van der Waals surface area contributed by atoms with Gasteiger partial charge in [-0.25, -0.2) is 10.9 Å². The number of nitrogens with one attached hydrogen (secondary N) is 2. The van der Waals surface area contributed by atoms with Crippen LogP contribution in [-0.2, 0) is 9.59 Å². The van der Waals surface area contributed by atoms with E-state index in [1.54, 1.807) is 48.8 Å². The fraction of sp³-hybridized carbons (Fsp3) is 0.125. The van der Waals surface area contributed by atoms with Gasteiger partial charge in [0.05, 0.1) is 23.8 Å². The van der Waals surface area contributed by atoms with Crippen LogP contribution < -0.4 is 10.9 Å². The van der Waals surface area contributed by atoms with Crippen LogP contribution in [0.2, 0.25) is 0 Å². The minimum absolute atomic E-state index is 0.548. The number of hydrogen-bond acceptors (Lipinski definition) is 6. The molecule has 2 N–H and O–H groups in total. The standard InChI is InChI=1S/C16H16N6O2/c1-12(15(23)21-19-10-13-6-2-4-8-17-13)16(24)22-20-11-14-7-3-5-9-18-14/h2-12H,1H3,(H,21,23)(H,22,24)/b19-10+,20-11+. The third-order valence-electron chi connectivity index (χ3n) is 2.91. The molecule has 0 fully saturated rings. The van der Waals surface area contributed by atoms with Crippen LogP contribution in [0.15, 0.2) is 59.0 Å². The lowest BCUT2D eigenvalue weighted by Gasteiger charge is -2.07. The van der Waals surface area contributed by atoms with Crippen LogP contribution in [-0.4, -0.2) is 34.2 Å². The van der Waals surface area contributed by atoms with Crippen molar-refractivity contribution in [3.63, 3.8) is 0 Å². The second kappa shape index (κ2) is 8.89. The van der Waals surface area contributed by atoms with E-state index < -0.39 is 17.7 Å². The molecule has 0 atom stereocenters. The zero-order valence-corrected chi connectivity index (χ0v) is 13.0. The van der Waals surface area contributed by atoms with E-state index in [-0.39, 0.29) is 0 Å². The van der Waals surface area contributed by atoms with E-state index in [9.17, 15) is 9.59 Å². The van der Waals surface area contributed by atoms with Gasteiger partial charge in [-0.15, -0.1) is 0 Å². The number of aromatic nitrogens is 2. The number of hydrogen-bond donors (Lipinski definition) is 2. The zero-order chi connectivity index (χ0) is 17.2. The van der Waals surface area contributed by atoms with E-state index in [0.717, 1.165) is 0 Å². The molecule has 2 heterocycles. The Kier molecular flexibility index (Phi) is 6.27. The minimum Gasteiger partial charge on any atom is -0.272 e. The fourth-order valence-electron chi connectivity index (χ4n) is 1.54. The molecule has 8 heteroatoms. The summed E-state index contributed by atoms with van der Waals surface area (Å²) in [5.41, 5.74) is 5.76. The Hall–Kier alpha value is -3.42. The van der Waals surface area contributed by atoms with Crippen LogP contribution in [0, 0.1) is 5.92 Å². The van der Waals surface area contributed by atoms with Crippen LogP contribution in [0.5, 0.6) is 0 Å². The van der Waals surface area contributed by atoms with Gasteiger partial charge in [0.2, 0.25) is 0 Å². The average Bonchev–Trinajstić information content (AvgIpc) is 2.62. The molecule has 24 heavy (non-hydrogen) atoms. The van der Waals surface area contributed by atoms with Crippen molar-refractivity contribution in [1.82, 2.24) is 20.8 Å². The second-order valence-electron chi connectivity index (χ2n) is 4.70. The Balaban J connectivity index is 1.80. The summed E-state index contributed by atoms with van der Waals surface area (Å²) in [6.07, 6.45) is 6.00. The molecular formula is C16H16N6O2. The number of amides is 2. The predicted molar refractivity (Wildman–Crippen MR) is 89.1 cm³/mol. The van der Waals surface area contributed by atoms with Gasteiger partial charge in [-0.05, 0) is 31.2 Å². The highest BCUT2D eigenvalue weighted by Gasteiger charge is 2.20. The van der Waals surface area contributed by atoms with E-state index in [0.29, 0.717) is 11.4 Å². The van der Waals surface area contributed by atoms with Gasteiger partial charge in [0.15, 0.2) is 0 Å². The molecule has 2 aromatic heterocycles. The molecule has 0 aliphatic heterocycles. The number of nitrogens with zero attached hydrogens (tertiary/aromatic N) is 4. The molecular weight excluding hydrogens is 308 g/mol. The minimum atomic E-state index is -0.952. The van der Waals surface area contributed by atoms with Crippen molar-refractivity contribution in [3.8, 4) is 0 Å². The maximum Gasteiger partial charge on any atom is 0.252 e. The molecule has 122 valence electrons. The molecule has 0 unspecified atom stereocenters. The van der Waals surface area contributed by atoms with Gasteiger partial charge in [-0.2, -0.15) is 10.2 Å². The number of carbonyl (C=O) groups is 2. The van der Waals surface area contributed by atoms with Crippen LogP contribution in [0.3, 0.4) is 0 Å². The van der Waals surface area contributed by atoms with Crippen molar-refractivity contribution in [2.24, 2.45) is 16.1 Å². The zero-order valence-electron chi connectivity index (χ0n) is 13.0. The Bertz CT molecular complexity index is 667. The molecule has 0 aromatic carbocycles. The first-order valence-corrected chi connectivity index (χ1v) is 7.14. The number of pyridine rings is 2. The molecule has 8 nitrogen and oxygen atoms in total. The second-order valence-corrected chi connectivity index (χ2v) is 4.70. The van der Waals surface area contributed by atoms with Gasteiger partial charge in [-0.1, -0.05) is 12.1 Å². The van der Waals surface area contributed by atoms with Crippen LogP contribution in [0.25, 0.3) is 0 Å². The Morgan fingerprint density at radius 3 is 1.75 bits per heavy atom. The quantitative estimate of drug-likeness (QED) is 0.463. The molecule has 0 saturated carbocycles. The number of rotatable bonds is 6. The highest BCUT2D eigenvalue weighted by atomic mass is 16.2.